The molecule has 1 N–H and O–H groups in total. The smallest absolute Gasteiger partial charge is 0.121 e. The lowest BCUT2D eigenvalue weighted by atomic mass is 10.1. The molecule has 104 valence electrons. The molecule has 0 saturated heterocycles. The number of aryl methyl sites for hydroxylation is 1. The number of rotatable bonds is 10. The van der Waals surface area contributed by atoms with Gasteiger partial charge in [0.1, 0.15) is 11.1 Å². The average Bonchev–Trinajstić information content (AvgIpc) is 2.79. The van der Waals surface area contributed by atoms with Crippen LogP contribution in [0, 0.1) is 6.92 Å². The number of aromatic nitrogens is 1. The third kappa shape index (κ3) is 6.50. The standard InChI is InChI=1S/C15H27NOS/c1-3-4-5-6-7-8-9-10-11-14(17)15-16-13(2)12-18-15/h12,14,17H,3-11H2,1-2H3. The molecule has 0 radical (unpaired) electrons. The van der Waals surface area contributed by atoms with E-state index in [1.807, 2.05) is 12.3 Å². The summed E-state index contributed by atoms with van der Waals surface area (Å²) in [5, 5.41) is 12.8. The lowest BCUT2D eigenvalue weighted by molar-refractivity contribution is 0.162. The van der Waals surface area contributed by atoms with Gasteiger partial charge in [0.15, 0.2) is 0 Å². The zero-order valence-corrected chi connectivity index (χ0v) is 12.6. The number of hydrogen-bond donors (Lipinski definition) is 1. The van der Waals surface area contributed by atoms with E-state index in [1.165, 1.54) is 44.9 Å². The number of nitrogens with zero attached hydrogens (tertiary/aromatic N) is 1. The van der Waals surface area contributed by atoms with E-state index in [0.29, 0.717) is 0 Å². The van der Waals surface area contributed by atoms with Gasteiger partial charge in [-0.05, 0) is 13.3 Å². The quantitative estimate of drug-likeness (QED) is 0.605. The summed E-state index contributed by atoms with van der Waals surface area (Å²) in [5.74, 6) is 0. The Bertz CT molecular complexity index is 311. The second kappa shape index (κ2) is 9.51. The minimum absolute atomic E-state index is 0.344. The maximum atomic E-state index is 9.95. The highest BCUT2D eigenvalue weighted by atomic mass is 32.1. The Morgan fingerprint density at radius 2 is 1.72 bits per heavy atom. The molecule has 1 unspecified atom stereocenters. The van der Waals surface area contributed by atoms with E-state index in [-0.39, 0.29) is 6.10 Å². The van der Waals surface area contributed by atoms with Gasteiger partial charge in [-0.2, -0.15) is 0 Å². The van der Waals surface area contributed by atoms with E-state index < -0.39 is 0 Å². The van der Waals surface area contributed by atoms with E-state index in [4.69, 9.17) is 0 Å². The summed E-state index contributed by atoms with van der Waals surface area (Å²) >= 11 is 1.57. The molecule has 0 aliphatic heterocycles. The first-order valence-electron chi connectivity index (χ1n) is 7.34. The van der Waals surface area contributed by atoms with Gasteiger partial charge in [-0.25, -0.2) is 4.98 Å². The SMILES string of the molecule is CCCCCCCCCCC(O)c1nc(C)cs1. The van der Waals surface area contributed by atoms with Gasteiger partial charge in [0, 0.05) is 11.1 Å². The highest BCUT2D eigenvalue weighted by molar-refractivity contribution is 7.09. The van der Waals surface area contributed by atoms with Crippen LogP contribution in [-0.4, -0.2) is 10.1 Å². The monoisotopic (exact) mass is 269 g/mol. The summed E-state index contributed by atoms with van der Waals surface area (Å²) in [6.07, 6.45) is 11.0. The molecule has 0 fully saturated rings. The second-order valence-electron chi connectivity index (χ2n) is 5.11. The Labute approximate surface area is 115 Å². The number of unbranched alkanes of at least 4 members (excludes halogenated alkanes) is 7. The van der Waals surface area contributed by atoms with Gasteiger partial charge in [0.25, 0.3) is 0 Å². The van der Waals surface area contributed by atoms with Crippen LogP contribution in [0.15, 0.2) is 5.38 Å². The predicted octanol–water partition coefficient (Wildman–Crippen LogP) is 5.02. The second-order valence-corrected chi connectivity index (χ2v) is 6.00. The van der Waals surface area contributed by atoms with Gasteiger partial charge in [-0.3, -0.25) is 0 Å². The summed E-state index contributed by atoms with van der Waals surface area (Å²) in [4.78, 5) is 4.33. The van der Waals surface area contributed by atoms with Crippen molar-refractivity contribution in [3.05, 3.63) is 16.1 Å². The average molecular weight is 269 g/mol. The first-order chi connectivity index (χ1) is 8.74. The Morgan fingerprint density at radius 1 is 1.11 bits per heavy atom. The first-order valence-corrected chi connectivity index (χ1v) is 8.22. The molecule has 0 spiro atoms. The molecule has 0 bridgehead atoms. The van der Waals surface area contributed by atoms with Crippen molar-refractivity contribution in [2.75, 3.05) is 0 Å². The fraction of sp³-hybridized carbons (Fsp3) is 0.800. The van der Waals surface area contributed by atoms with Gasteiger partial charge < -0.3 is 5.11 Å². The zero-order valence-electron chi connectivity index (χ0n) is 11.8. The van der Waals surface area contributed by atoms with Gasteiger partial charge in [-0.1, -0.05) is 58.3 Å². The van der Waals surface area contributed by atoms with Crippen molar-refractivity contribution < 1.29 is 5.11 Å². The van der Waals surface area contributed by atoms with E-state index in [2.05, 4.69) is 11.9 Å². The maximum Gasteiger partial charge on any atom is 0.121 e. The molecule has 0 aromatic carbocycles. The van der Waals surface area contributed by atoms with Crippen LogP contribution < -0.4 is 0 Å². The van der Waals surface area contributed by atoms with Crippen molar-refractivity contribution in [3.8, 4) is 0 Å². The maximum absolute atomic E-state index is 9.95. The van der Waals surface area contributed by atoms with Crippen molar-refractivity contribution in [1.29, 1.82) is 0 Å². The minimum atomic E-state index is -0.344. The number of aliphatic hydroxyl groups is 1. The topological polar surface area (TPSA) is 33.1 Å². The first kappa shape index (κ1) is 15.6. The van der Waals surface area contributed by atoms with E-state index >= 15 is 0 Å². The summed E-state index contributed by atoms with van der Waals surface area (Å²) in [7, 11) is 0. The van der Waals surface area contributed by atoms with Crippen LogP contribution in [-0.2, 0) is 0 Å². The molecular weight excluding hydrogens is 242 g/mol. The highest BCUT2D eigenvalue weighted by Gasteiger charge is 2.10. The van der Waals surface area contributed by atoms with Crippen molar-refractivity contribution in [2.24, 2.45) is 0 Å². The fourth-order valence-corrected chi connectivity index (χ4v) is 2.94. The Hall–Kier alpha value is -0.410. The Kier molecular flexibility index (Phi) is 8.27. The number of thiazole rings is 1. The molecule has 1 aromatic rings. The van der Waals surface area contributed by atoms with Crippen molar-refractivity contribution >= 4 is 11.3 Å². The third-order valence-corrected chi connectivity index (χ3v) is 4.32. The zero-order chi connectivity index (χ0) is 13.2. The summed E-state index contributed by atoms with van der Waals surface area (Å²) in [6.45, 7) is 4.23. The van der Waals surface area contributed by atoms with Gasteiger partial charge in [-0.15, -0.1) is 11.3 Å². The van der Waals surface area contributed by atoms with Gasteiger partial charge >= 0.3 is 0 Å². The van der Waals surface area contributed by atoms with Crippen LogP contribution in [0.2, 0.25) is 0 Å². The van der Waals surface area contributed by atoms with Crippen molar-refractivity contribution in [1.82, 2.24) is 4.98 Å². The molecule has 1 aromatic heterocycles. The molecule has 1 heterocycles. The molecule has 0 saturated carbocycles. The van der Waals surface area contributed by atoms with Crippen molar-refractivity contribution in [2.45, 2.75) is 77.7 Å². The predicted molar refractivity (Wildman–Crippen MR) is 79.0 cm³/mol. The summed E-state index contributed by atoms with van der Waals surface area (Å²) in [5.41, 5.74) is 1.02. The molecular formula is C15H27NOS. The number of hydrogen-bond acceptors (Lipinski definition) is 3. The largest absolute Gasteiger partial charge is 0.386 e. The molecule has 1 atom stereocenters. The fourth-order valence-electron chi connectivity index (χ4n) is 2.12. The van der Waals surface area contributed by atoms with Gasteiger partial charge in [0.05, 0.1) is 0 Å². The normalized spacial score (nSPS) is 12.8. The van der Waals surface area contributed by atoms with Crippen molar-refractivity contribution in [3.63, 3.8) is 0 Å². The molecule has 18 heavy (non-hydrogen) atoms. The van der Waals surface area contributed by atoms with E-state index in [1.54, 1.807) is 11.3 Å². The third-order valence-electron chi connectivity index (χ3n) is 3.25. The van der Waals surface area contributed by atoms with Crippen LogP contribution in [0.4, 0.5) is 0 Å². The molecule has 0 aliphatic carbocycles. The minimum Gasteiger partial charge on any atom is -0.386 e. The summed E-state index contributed by atoms with van der Waals surface area (Å²) in [6, 6.07) is 0. The Morgan fingerprint density at radius 3 is 2.28 bits per heavy atom. The van der Waals surface area contributed by atoms with Crippen LogP contribution in [0.1, 0.15) is 81.5 Å². The molecule has 3 heteroatoms. The van der Waals surface area contributed by atoms with Crippen LogP contribution in [0.5, 0.6) is 0 Å². The van der Waals surface area contributed by atoms with E-state index in [0.717, 1.165) is 23.5 Å². The number of aliphatic hydroxyl groups excluding tert-OH is 1. The Balaban J connectivity index is 1.97. The molecule has 0 aliphatic rings. The van der Waals surface area contributed by atoms with Crippen LogP contribution in [0.3, 0.4) is 0 Å². The highest BCUT2D eigenvalue weighted by Crippen LogP contribution is 2.23. The molecule has 2 nitrogen and oxygen atoms in total. The van der Waals surface area contributed by atoms with E-state index in [9.17, 15) is 5.11 Å². The lowest BCUT2D eigenvalue weighted by Crippen LogP contribution is -1.96. The van der Waals surface area contributed by atoms with Gasteiger partial charge in [0.2, 0.25) is 0 Å². The van der Waals surface area contributed by atoms with Crippen LogP contribution >= 0.6 is 11.3 Å². The molecule has 0 amide bonds. The lowest BCUT2D eigenvalue weighted by Gasteiger charge is -2.07. The van der Waals surface area contributed by atoms with Crippen LogP contribution in [0.25, 0.3) is 0 Å². The molecule has 1 rings (SSSR count). The summed E-state index contributed by atoms with van der Waals surface area (Å²) < 4.78 is 0.